The topological polar surface area (TPSA) is 69.9 Å². The van der Waals surface area contributed by atoms with Gasteiger partial charge in [0.1, 0.15) is 0 Å². The number of para-hydroxylation sites is 1. The van der Waals surface area contributed by atoms with Gasteiger partial charge < -0.3 is 10.6 Å². The lowest BCUT2D eigenvalue weighted by Crippen LogP contribution is -2.56. The quantitative estimate of drug-likeness (QED) is 0.685. The molecule has 34 heavy (non-hydrogen) atoms. The summed E-state index contributed by atoms with van der Waals surface area (Å²) in [6.45, 7) is 1.43. The van der Waals surface area contributed by atoms with Crippen LogP contribution in [0.5, 0.6) is 0 Å². The van der Waals surface area contributed by atoms with Crippen LogP contribution >= 0.6 is 0 Å². The third kappa shape index (κ3) is 3.68. The van der Waals surface area contributed by atoms with Gasteiger partial charge in [-0.05, 0) is 76.2 Å². The van der Waals surface area contributed by atoms with Crippen LogP contribution in [-0.2, 0) is 5.54 Å². The first kappa shape index (κ1) is 22.9. The van der Waals surface area contributed by atoms with Crippen LogP contribution < -0.4 is 10.6 Å². The van der Waals surface area contributed by atoms with Crippen LogP contribution in [0.2, 0.25) is 0 Å². The third-order valence-electron chi connectivity index (χ3n) is 8.79. The van der Waals surface area contributed by atoms with E-state index in [1.165, 1.54) is 24.8 Å². The highest BCUT2D eigenvalue weighted by Gasteiger charge is 2.55. The largest absolute Gasteiger partial charge is 0.366 e. The van der Waals surface area contributed by atoms with Crippen molar-refractivity contribution in [1.82, 2.24) is 9.80 Å². The second kappa shape index (κ2) is 8.73. The molecule has 0 atom stereocenters. The Labute approximate surface area is 202 Å². The van der Waals surface area contributed by atoms with Gasteiger partial charge in [0.15, 0.2) is 0 Å². The van der Waals surface area contributed by atoms with Crippen LogP contribution in [0.15, 0.2) is 54.6 Å². The lowest BCUT2D eigenvalue weighted by atomic mass is 9.68. The summed E-state index contributed by atoms with van der Waals surface area (Å²) in [4.78, 5) is 32.4. The van der Waals surface area contributed by atoms with Gasteiger partial charge in [0.2, 0.25) is 0 Å². The molecule has 6 nitrogen and oxygen atoms in total. The molecule has 0 bridgehead atoms. The van der Waals surface area contributed by atoms with Crippen LogP contribution in [-0.4, -0.2) is 54.5 Å². The Kier molecular flexibility index (Phi) is 5.88. The van der Waals surface area contributed by atoms with E-state index < -0.39 is 5.91 Å². The number of hydrogen-bond acceptors (Lipinski definition) is 3. The number of carbonyl (C=O) groups excluding carboxylic acids is 2. The zero-order valence-corrected chi connectivity index (χ0v) is 20.4. The minimum atomic E-state index is -0.491. The molecular formula is C28H36N4O2. The maximum absolute atomic E-state index is 13.9. The monoisotopic (exact) mass is 460 g/mol. The number of nitrogens with zero attached hydrogens (tertiary/aromatic N) is 3. The number of hydrogen-bond donors (Lipinski definition) is 1. The first-order chi connectivity index (χ1) is 16.4. The van der Waals surface area contributed by atoms with Gasteiger partial charge in [-0.3, -0.25) is 14.6 Å². The highest BCUT2D eigenvalue weighted by atomic mass is 16.2. The molecule has 3 aliphatic rings. The highest BCUT2D eigenvalue weighted by Crippen LogP contribution is 2.50. The Morgan fingerprint density at radius 1 is 1.00 bits per heavy atom. The molecule has 3 amide bonds. The summed E-state index contributed by atoms with van der Waals surface area (Å²) in [5, 5.41) is 0. The number of nitrogens with two attached hydrogens (primary N) is 1. The van der Waals surface area contributed by atoms with Gasteiger partial charge in [0, 0.05) is 12.1 Å². The average molecular weight is 461 g/mol. The first-order valence-electron chi connectivity index (χ1n) is 12.6. The Bertz CT molecular complexity index is 1060. The molecule has 3 fully saturated rings. The summed E-state index contributed by atoms with van der Waals surface area (Å²) in [7, 11) is 4.35. The lowest BCUT2D eigenvalue weighted by molar-refractivity contribution is 0.0172. The Balaban J connectivity index is 1.48. The SMILES string of the molecule is CN(C)[C@]1(c2ccccc2)CC[C@]2(CC1)CN(c1ccccc1C(N)=O)C(=O)N2CC1CCC1. The fourth-order valence-electron chi connectivity index (χ4n) is 6.41. The van der Waals surface area contributed by atoms with Crippen LogP contribution in [0.4, 0.5) is 10.5 Å². The fourth-order valence-corrected chi connectivity index (χ4v) is 6.41. The molecule has 2 aromatic rings. The van der Waals surface area contributed by atoms with Crippen molar-refractivity contribution < 1.29 is 9.59 Å². The lowest BCUT2D eigenvalue weighted by Gasteiger charge is -2.51. The second-order valence-electron chi connectivity index (χ2n) is 10.7. The van der Waals surface area contributed by atoms with E-state index in [9.17, 15) is 9.59 Å². The van der Waals surface area contributed by atoms with Crippen molar-refractivity contribution >= 4 is 17.6 Å². The number of amides is 3. The Morgan fingerprint density at radius 2 is 1.65 bits per heavy atom. The highest BCUT2D eigenvalue weighted by molar-refractivity contribution is 6.05. The zero-order chi connectivity index (χ0) is 23.9. The van der Waals surface area contributed by atoms with E-state index in [-0.39, 0.29) is 17.1 Å². The van der Waals surface area contributed by atoms with Crippen LogP contribution in [0.3, 0.4) is 0 Å². The maximum Gasteiger partial charge on any atom is 0.325 e. The fraction of sp³-hybridized carbons (Fsp3) is 0.500. The molecule has 1 saturated heterocycles. The zero-order valence-electron chi connectivity index (χ0n) is 20.4. The van der Waals surface area contributed by atoms with Gasteiger partial charge in [0.25, 0.3) is 5.91 Å². The first-order valence-corrected chi connectivity index (χ1v) is 12.6. The molecule has 6 heteroatoms. The molecule has 1 heterocycles. The van der Waals surface area contributed by atoms with Crippen molar-refractivity contribution in [3.05, 3.63) is 65.7 Å². The standard InChI is InChI=1S/C28H36N4O2/c1-30(2)28(22-11-4-3-5-12-22)17-15-27(16-18-28)20-31(24-14-7-6-13-23(24)25(29)33)26(34)32(27)19-21-9-8-10-21/h3-7,11-14,21H,8-10,15-20H2,1-2H3,(H2,29,33)/t27-,28+. The van der Waals surface area contributed by atoms with E-state index in [0.29, 0.717) is 23.7 Å². The maximum atomic E-state index is 13.9. The summed E-state index contributed by atoms with van der Waals surface area (Å²) < 4.78 is 0. The second-order valence-corrected chi connectivity index (χ2v) is 10.7. The number of primary amides is 1. The van der Waals surface area contributed by atoms with E-state index in [2.05, 4.69) is 54.2 Å². The van der Waals surface area contributed by atoms with Gasteiger partial charge in [0.05, 0.1) is 23.3 Å². The predicted molar refractivity (Wildman–Crippen MR) is 135 cm³/mol. The Morgan fingerprint density at radius 3 is 2.24 bits per heavy atom. The van der Waals surface area contributed by atoms with E-state index in [1.807, 2.05) is 17.0 Å². The molecule has 0 aromatic heterocycles. The minimum absolute atomic E-state index is 0.0256. The van der Waals surface area contributed by atoms with Crippen molar-refractivity contribution in [3.63, 3.8) is 0 Å². The molecule has 1 aliphatic heterocycles. The Hall–Kier alpha value is -2.86. The number of urea groups is 1. The van der Waals surface area contributed by atoms with E-state index >= 15 is 0 Å². The summed E-state index contributed by atoms with van der Waals surface area (Å²) in [5.41, 5.74) is 7.84. The minimum Gasteiger partial charge on any atom is -0.366 e. The summed E-state index contributed by atoms with van der Waals surface area (Å²) in [6.07, 6.45) is 7.51. The van der Waals surface area contributed by atoms with Crippen molar-refractivity contribution in [3.8, 4) is 0 Å². The van der Waals surface area contributed by atoms with E-state index in [0.717, 1.165) is 32.2 Å². The number of anilines is 1. The van der Waals surface area contributed by atoms with Gasteiger partial charge in [-0.2, -0.15) is 0 Å². The number of rotatable bonds is 6. The predicted octanol–water partition coefficient (Wildman–Crippen LogP) is 4.60. The summed E-state index contributed by atoms with van der Waals surface area (Å²) in [5.74, 6) is 0.0936. The molecule has 1 spiro atoms. The van der Waals surface area contributed by atoms with Gasteiger partial charge in [-0.15, -0.1) is 0 Å². The summed E-state index contributed by atoms with van der Waals surface area (Å²) >= 11 is 0. The molecule has 2 saturated carbocycles. The van der Waals surface area contributed by atoms with Gasteiger partial charge in [-0.25, -0.2) is 4.79 Å². The molecule has 2 aliphatic carbocycles. The van der Waals surface area contributed by atoms with Crippen LogP contribution in [0.25, 0.3) is 0 Å². The number of benzene rings is 2. The van der Waals surface area contributed by atoms with E-state index in [1.54, 1.807) is 12.1 Å². The van der Waals surface area contributed by atoms with Crippen molar-refractivity contribution in [2.45, 2.75) is 56.0 Å². The molecule has 180 valence electrons. The van der Waals surface area contributed by atoms with Crippen molar-refractivity contribution in [1.29, 1.82) is 0 Å². The van der Waals surface area contributed by atoms with E-state index in [4.69, 9.17) is 5.73 Å². The average Bonchev–Trinajstić information content (AvgIpc) is 3.08. The van der Waals surface area contributed by atoms with Gasteiger partial charge >= 0.3 is 6.03 Å². The third-order valence-corrected chi connectivity index (χ3v) is 8.79. The molecular weight excluding hydrogens is 424 g/mol. The molecule has 5 rings (SSSR count). The molecule has 2 aromatic carbocycles. The summed E-state index contributed by atoms with van der Waals surface area (Å²) in [6, 6.07) is 18.1. The molecule has 0 radical (unpaired) electrons. The number of carbonyl (C=O) groups is 2. The van der Waals surface area contributed by atoms with Crippen molar-refractivity contribution in [2.24, 2.45) is 11.7 Å². The normalized spacial score (nSPS) is 27.4. The van der Waals surface area contributed by atoms with Crippen LogP contribution in [0.1, 0.15) is 60.9 Å². The molecule has 0 unspecified atom stereocenters. The molecule has 2 N–H and O–H groups in total. The smallest absolute Gasteiger partial charge is 0.325 e. The van der Waals surface area contributed by atoms with Crippen molar-refractivity contribution in [2.75, 3.05) is 32.1 Å². The van der Waals surface area contributed by atoms with Crippen LogP contribution in [0, 0.1) is 5.92 Å². The van der Waals surface area contributed by atoms with Gasteiger partial charge in [-0.1, -0.05) is 48.9 Å².